The second kappa shape index (κ2) is 5.98. The molecule has 0 fully saturated rings. The van der Waals surface area contributed by atoms with Crippen LogP contribution in [0, 0.1) is 0 Å². The Labute approximate surface area is 102 Å². The Morgan fingerprint density at radius 3 is 3.00 bits per heavy atom. The largest absolute Gasteiger partial charge is 0.477 e. The van der Waals surface area contributed by atoms with Crippen LogP contribution < -0.4 is 10.5 Å². The van der Waals surface area contributed by atoms with Gasteiger partial charge >= 0.3 is 0 Å². The number of methoxy groups -OCH3 is 1. The monoisotopic (exact) mass is 236 g/mol. The van der Waals surface area contributed by atoms with Crippen LogP contribution in [0.15, 0.2) is 6.07 Å². The van der Waals surface area contributed by atoms with E-state index in [4.69, 9.17) is 15.2 Å². The summed E-state index contributed by atoms with van der Waals surface area (Å²) < 4.78 is 10.7. The van der Waals surface area contributed by atoms with Crippen molar-refractivity contribution >= 4 is 0 Å². The number of pyridine rings is 1. The highest BCUT2D eigenvalue weighted by molar-refractivity contribution is 5.36. The summed E-state index contributed by atoms with van der Waals surface area (Å²) in [4.78, 5) is 4.58. The van der Waals surface area contributed by atoms with Gasteiger partial charge < -0.3 is 15.2 Å². The van der Waals surface area contributed by atoms with Gasteiger partial charge in [-0.15, -0.1) is 0 Å². The molecule has 0 atom stereocenters. The Hall–Kier alpha value is -1.13. The van der Waals surface area contributed by atoms with Gasteiger partial charge in [-0.1, -0.05) is 0 Å². The second-order valence-corrected chi connectivity index (χ2v) is 4.31. The smallest absolute Gasteiger partial charge is 0.218 e. The SMILES string of the molecule is COCCCOc1nc2c(cc1CN)CCC2. The van der Waals surface area contributed by atoms with Crippen molar-refractivity contribution < 1.29 is 9.47 Å². The molecule has 0 radical (unpaired) electrons. The van der Waals surface area contributed by atoms with Gasteiger partial charge in [-0.3, -0.25) is 0 Å². The molecule has 2 rings (SSSR count). The first-order chi connectivity index (χ1) is 8.35. The van der Waals surface area contributed by atoms with Gasteiger partial charge in [0.2, 0.25) is 5.88 Å². The summed E-state index contributed by atoms with van der Waals surface area (Å²) in [7, 11) is 1.69. The fourth-order valence-corrected chi connectivity index (χ4v) is 2.14. The Kier molecular flexibility index (Phi) is 4.34. The van der Waals surface area contributed by atoms with E-state index in [1.807, 2.05) is 0 Å². The van der Waals surface area contributed by atoms with Crippen LogP contribution in [-0.4, -0.2) is 25.3 Å². The first-order valence-electron chi connectivity index (χ1n) is 6.18. The van der Waals surface area contributed by atoms with Crippen LogP contribution in [0.5, 0.6) is 5.88 Å². The Bertz CT molecular complexity index is 380. The lowest BCUT2D eigenvalue weighted by atomic mass is 10.1. The van der Waals surface area contributed by atoms with Crippen molar-refractivity contribution in [2.75, 3.05) is 20.3 Å². The van der Waals surface area contributed by atoms with Crippen LogP contribution in [0.25, 0.3) is 0 Å². The van der Waals surface area contributed by atoms with Gasteiger partial charge in [0.05, 0.1) is 6.61 Å². The van der Waals surface area contributed by atoms with E-state index in [1.165, 1.54) is 17.7 Å². The quantitative estimate of drug-likeness (QED) is 0.759. The molecule has 1 aromatic heterocycles. The minimum atomic E-state index is 0.486. The molecule has 1 aliphatic rings. The molecule has 4 heteroatoms. The first-order valence-corrected chi connectivity index (χ1v) is 6.18. The third-order valence-corrected chi connectivity index (χ3v) is 3.04. The van der Waals surface area contributed by atoms with Crippen molar-refractivity contribution in [1.82, 2.24) is 4.98 Å². The number of aromatic nitrogens is 1. The summed E-state index contributed by atoms with van der Waals surface area (Å²) in [6.45, 7) is 1.83. The van der Waals surface area contributed by atoms with Gasteiger partial charge in [-0.2, -0.15) is 0 Å². The van der Waals surface area contributed by atoms with Gasteiger partial charge in [-0.25, -0.2) is 4.98 Å². The van der Waals surface area contributed by atoms with Crippen LogP contribution in [-0.2, 0) is 24.1 Å². The standard InChI is InChI=1S/C13H20N2O2/c1-16-6-3-7-17-13-11(9-14)8-10-4-2-5-12(10)15-13/h8H,2-7,9,14H2,1H3. The van der Waals surface area contributed by atoms with E-state index in [-0.39, 0.29) is 0 Å². The average Bonchev–Trinajstić information content (AvgIpc) is 2.80. The van der Waals surface area contributed by atoms with E-state index < -0.39 is 0 Å². The third kappa shape index (κ3) is 2.96. The Morgan fingerprint density at radius 1 is 1.35 bits per heavy atom. The van der Waals surface area contributed by atoms with Crippen LogP contribution >= 0.6 is 0 Å². The lowest BCUT2D eigenvalue weighted by Crippen LogP contribution is -2.09. The van der Waals surface area contributed by atoms with Crippen LogP contribution in [0.2, 0.25) is 0 Å². The van der Waals surface area contributed by atoms with E-state index in [0.29, 0.717) is 25.6 Å². The van der Waals surface area contributed by atoms with Crippen molar-refractivity contribution in [1.29, 1.82) is 0 Å². The summed E-state index contributed by atoms with van der Waals surface area (Å²) in [5.41, 5.74) is 9.27. The zero-order valence-corrected chi connectivity index (χ0v) is 10.4. The number of aryl methyl sites for hydroxylation is 2. The van der Waals surface area contributed by atoms with Crippen molar-refractivity contribution in [2.24, 2.45) is 5.73 Å². The Balaban J connectivity index is 2.04. The fraction of sp³-hybridized carbons (Fsp3) is 0.615. The summed E-state index contributed by atoms with van der Waals surface area (Å²) in [6.07, 6.45) is 4.26. The molecule has 1 aromatic rings. The molecule has 1 heterocycles. The van der Waals surface area contributed by atoms with Crippen molar-refractivity contribution in [2.45, 2.75) is 32.2 Å². The van der Waals surface area contributed by atoms with Gasteiger partial charge in [0.15, 0.2) is 0 Å². The van der Waals surface area contributed by atoms with Gasteiger partial charge in [-0.05, 0) is 30.9 Å². The molecule has 94 valence electrons. The molecule has 0 saturated heterocycles. The number of fused-ring (bicyclic) bond motifs is 1. The second-order valence-electron chi connectivity index (χ2n) is 4.31. The summed E-state index contributed by atoms with van der Waals surface area (Å²) in [5.74, 6) is 0.712. The zero-order chi connectivity index (χ0) is 12.1. The summed E-state index contributed by atoms with van der Waals surface area (Å²) in [5, 5.41) is 0. The number of hydrogen-bond donors (Lipinski definition) is 1. The lowest BCUT2D eigenvalue weighted by Gasteiger charge is -2.11. The molecule has 0 aliphatic heterocycles. The maximum Gasteiger partial charge on any atom is 0.218 e. The first kappa shape index (κ1) is 12.3. The van der Waals surface area contributed by atoms with E-state index in [9.17, 15) is 0 Å². The average molecular weight is 236 g/mol. The van der Waals surface area contributed by atoms with Crippen molar-refractivity contribution in [3.63, 3.8) is 0 Å². The highest BCUT2D eigenvalue weighted by atomic mass is 16.5. The fourth-order valence-electron chi connectivity index (χ4n) is 2.14. The number of nitrogens with zero attached hydrogens (tertiary/aromatic N) is 1. The van der Waals surface area contributed by atoms with E-state index in [0.717, 1.165) is 24.8 Å². The summed E-state index contributed by atoms with van der Waals surface area (Å²) >= 11 is 0. The van der Waals surface area contributed by atoms with Gasteiger partial charge in [0.25, 0.3) is 0 Å². The molecular formula is C13H20N2O2. The third-order valence-electron chi connectivity index (χ3n) is 3.04. The highest BCUT2D eigenvalue weighted by Crippen LogP contribution is 2.26. The maximum atomic E-state index is 5.73. The minimum absolute atomic E-state index is 0.486. The van der Waals surface area contributed by atoms with Crippen molar-refractivity contribution in [3.8, 4) is 5.88 Å². The van der Waals surface area contributed by atoms with E-state index in [2.05, 4.69) is 11.1 Å². The topological polar surface area (TPSA) is 57.4 Å². The number of rotatable bonds is 6. The molecule has 17 heavy (non-hydrogen) atoms. The molecule has 0 unspecified atom stereocenters. The predicted octanol–water partition coefficient (Wildman–Crippen LogP) is 1.44. The van der Waals surface area contributed by atoms with E-state index in [1.54, 1.807) is 7.11 Å². The molecule has 0 aromatic carbocycles. The molecule has 0 spiro atoms. The van der Waals surface area contributed by atoms with Crippen molar-refractivity contribution in [3.05, 3.63) is 22.9 Å². The number of hydrogen-bond acceptors (Lipinski definition) is 4. The van der Waals surface area contributed by atoms with Gasteiger partial charge in [0, 0.05) is 37.9 Å². The molecule has 0 saturated carbocycles. The Morgan fingerprint density at radius 2 is 2.24 bits per heavy atom. The predicted molar refractivity (Wildman–Crippen MR) is 66.1 cm³/mol. The number of nitrogens with two attached hydrogens (primary N) is 1. The molecule has 4 nitrogen and oxygen atoms in total. The highest BCUT2D eigenvalue weighted by Gasteiger charge is 2.16. The normalized spacial score (nSPS) is 13.8. The molecular weight excluding hydrogens is 216 g/mol. The van der Waals surface area contributed by atoms with Crippen LogP contribution in [0.1, 0.15) is 29.7 Å². The van der Waals surface area contributed by atoms with Crippen LogP contribution in [0.3, 0.4) is 0 Å². The summed E-state index contributed by atoms with van der Waals surface area (Å²) in [6, 6.07) is 2.15. The molecule has 0 amide bonds. The minimum Gasteiger partial charge on any atom is -0.477 e. The zero-order valence-electron chi connectivity index (χ0n) is 10.4. The number of ether oxygens (including phenoxy) is 2. The molecule has 2 N–H and O–H groups in total. The maximum absolute atomic E-state index is 5.73. The lowest BCUT2D eigenvalue weighted by molar-refractivity contribution is 0.170. The molecule has 1 aliphatic carbocycles. The molecule has 0 bridgehead atoms. The van der Waals surface area contributed by atoms with E-state index >= 15 is 0 Å². The van der Waals surface area contributed by atoms with Gasteiger partial charge in [0.1, 0.15) is 0 Å². The van der Waals surface area contributed by atoms with Crippen LogP contribution in [0.4, 0.5) is 0 Å².